The fourth-order valence-electron chi connectivity index (χ4n) is 6.60. The van der Waals surface area contributed by atoms with Gasteiger partial charge in [0, 0.05) is 6.42 Å². The standard InChI is InChI=1S/C32H43F9O2/c1-2-3-4-5-6-7-22-8-12-24(13-9-22)25-14-16-26(17-15-25)28(42)43-27-18-10-23(11-19-27)20-21-29(33,34)30(35,36)31(37,38)32(39,40)41/h10-11,18-19,22,24-26H,2-9,12-17,20-21H2,1H3/t22-,24-,25-,26-. The average molecular weight is 631 g/mol. The van der Waals surface area contributed by atoms with E-state index < -0.39 is 42.8 Å². The average Bonchev–Trinajstić information content (AvgIpc) is 2.96. The molecule has 2 nitrogen and oxygen atoms in total. The van der Waals surface area contributed by atoms with Gasteiger partial charge in [0.15, 0.2) is 0 Å². The second-order valence-corrected chi connectivity index (χ2v) is 12.5. The molecule has 0 spiro atoms. The highest BCUT2D eigenvalue weighted by atomic mass is 19.4. The molecule has 0 heterocycles. The van der Waals surface area contributed by atoms with Crippen molar-refractivity contribution in [3.8, 4) is 5.75 Å². The summed E-state index contributed by atoms with van der Waals surface area (Å²) in [6.07, 6.45) is 6.64. The van der Waals surface area contributed by atoms with Crippen molar-refractivity contribution in [1.29, 1.82) is 0 Å². The molecular formula is C32H43F9O2. The number of alkyl halides is 9. The van der Waals surface area contributed by atoms with Gasteiger partial charge in [-0.3, -0.25) is 4.79 Å². The highest BCUT2D eigenvalue weighted by Crippen LogP contribution is 2.54. The van der Waals surface area contributed by atoms with Crippen molar-refractivity contribution in [3.05, 3.63) is 29.8 Å². The first-order valence-corrected chi connectivity index (χ1v) is 15.6. The lowest BCUT2D eigenvalue weighted by Crippen LogP contribution is -2.60. The Hall–Kier alpha value is -1.94. The molecule has 246 valence electrons. The SMILES string of the molecule is CCCCCCC[C@H]1CC[C@H]([C@H]2CC[C@H](C(=O)Oc3ccc(CCC(F)(F)C(F)(F)C(F)(F)C(F)(F)F)cc3)CC2)CC1. The zero-order chi connectivity index (χ0) is 31.9. The predicted octanol–water partition coefficient (Wildman–Crippen LogP) is 11.0. The Balaban J connectivity index is 1.40. The summed E-state index contributed by atoms with van der Waals surface area (Å²) in [5.74, 6) is -17.6. The third-order valence-electron chi connectivity index (χ3n) is 9.46. The van der Waals surface area contributed by atoms with Crippen LogP contribution in [0.25, 0.3) is 0 Å². The predicted molar refractivity (Wildman–Crippen MR) is 146 cm³/mol. The lowest BCUT2D eigenvalue weighted by atomic mass is 9.68. The van der Waals surface area contributed by atoms with E-state index in [0.29, 0.717) is 24.7 Å². The summed E-state index contributed by atoms with van der Waals surface area (Å²) in [5.41, 5.74) is -0.0164. The number of hydrogen-bond acceptors (Lipinski definition) is 2. The first-order valence-electron chi connectivity index (χ1n) is 15.6. The van der Waals surface area contributed by atoms with E-state index in [4.69, 9.17) is 4.74 Å². The third kappa shape index (κ3) is 9.05. The number of esters is 1. The van der Waals surface area contributed by atoms with Crippen molar-refractivity contribution in [2.75, 3.05) is 0 Å². The highest BCUT2D eigenvalue weighted by molar-refractivity contribution is 5.75. The molecule has 2 aliphatic carbocycles. The van der Waals surface area contributed by atoms with E-state index in [1.807, 2.05) is 0 Å². The Morgan fingerprint density at radius 1 is 0.721 bits per heavy atom. The van der Waals surface area contributed by atoms with Crippen LogP contribution in [0.1, 0.15) is 109 Å². The summed E-state index contributed by atoms with van der Waals surface area (Å²) < 4.78 is 123. The summed E-state index contributed by atoms with van der Waals surface area (Å²) in [5, 5.41) is 0. The Labute approximate surface area is 248 Å². The molecule has 11 heteroatoms. The van der Waals surface area contributed by atoms with Gasteiger partial charge in [-0.2, -0.15) is 39.5 Å². The molecule has 0 saturated heterocycles. The van der Waals surface area contributed by atoms with Crippen molar-refractivity contribution in [2.24, 2.45) is 23.7 Å². The molecule has 0 aromatic heterocycles. The molecule has 0 atom stereocenters. The van der Waals surface area contributed by atoms with Crippen LogP contribution in [0.2, 0.25) is 0 Å². The van der Waals surface area contributed by atoms with Crippen LogP contribution in [0.3, 0.4) is 0 Å². The number of benzene rings is 1. The van der Waals surface area contributed by atoms with E-state index in [1.165, 1.54) is 88.5 Å². The number of halogens is 9. The molecule has 0 unspecified atom stereocenters. The van der Waals surface area contributed by atoms with Gasteiger partial charge >= 0.3 is 29.9 Å². The first-order chi connectivity index (χ1) is 20.1. The lowest BCUT2D eigenvalue weighted by Gasteiger charge is -2.37. The van der Waals surface area contributed by atoms with Gasteiger partial charge in [0.25, 0.3) is 0 Å². The Bertz CT molecular complexity index is 991. The van der Waals surface area contributed by atoms with Gasteiger partial charge in [-0.15, -0.1) is 0 Å². The number of carbonyl (C=O) groups is 1. The molecule has 3 rings (SSSR count). The lowest BCUT2D eigenvalue weighted by molar-refractivity contribution is -0.396. The van der Waals surface area contributed by atoms with Crippen LogP contribution in [0, 0.1) is 23.7 Å². The molecule has 1 aromatic rings. The largest absolute Gasteiger partial charge is 0.460 e. The fraction of sp³-hybridized carbons (Fsp3) is 0.781. The van der Waals surface area contributed by atoms with E-state index in [2.05, 4.69) is 6.92 Å². The minimum absolute atomic E-state index is 0.0164. The van der Waals surface area contributed by atoms with Crippen LogP contribution >= 0.6 is 0 Å². The van der Waals surface area contributed by atoms with E-state index in [1.54, 1.807) is 0 Å². The number of ether oxygens (including phenoxy) is 1. The minimum atomic E-state index is -6.90. The van der Waals surface area contributed by atoms with Gasteiger partial charge in [-0.25, -0.2) is 0 Å². The van der Waals surface area contributed by atoms with E-state index in [-0.39, 0.29) is 17.2 Å². The zero-order valence-corrected chi connectivity index (χ0v) is 24.7. The minimum Gasteiger partial charge on any atom is -0.426 e. The molecule has 1 aromatic carbocycles. The molecule has 0 bridgehead atoms. The monoisotopic (exact) mass is 630 g/mol. The summed E-state index contributed by atoms with van der Waals surface area (Å²) in [6, 6.07) is 4.86. The van der Waals surface area contributed by atoms with Crippen molar-refractivity contribution < 1.29 is 49.0 Å². The number of unbranched alkanes of at least 4 members (excludes halogenated alkanes) is 4. The Morgan fingerprint density at radius 3 is 1.79 bits per heavy atom. The second kappa shape index (κ2) is 14.9. The van der Waals surface area contributed by atoms with Gasteiger partial charge in [0.2, 0.25) is 0 Å². The number of rotatable bonds is 14. The topological polar surface area (TPSA) is 26.3 Å². The molecule has 0 N–H and O–H groups in total. The van der Waals surface area contributed by atoms with Crippen LogP contribution < -0.4 is 4.74 Å². The smallest absolute Gasteiger partial charge is 0.426 e. The van der Waals surface area contributed by atoms with Crippen molar-refractivity contribution in [2.45, 2.75) is 134 Å². The Morgan fingerprint density at radius 2 is 1.26 bits per heavy atom. The summed E-state index contributed by atoms with van der Waals surface area (Å²) >= 11 is 0. The van der Waals surface area contributed by atoms with E-state index >= 15 is 0 Å². The molecule has 2 aliphatic rings. The number of hydrogen-bond donors (Lipinski definition) is 0. The van der Waals surface area contributed by atoms with Crippen molar-refractivity contribution >= 4 is 5.97 Å². The second-order valence-electron chi connectivity index (χ2n) is 12.5. The molecule has 0 amide bonds. The molecule has 2 saturated carbocycles. The third-order valence-corrected chi connectivity index (χ3v) is 9.46. The van der Waals surface area contributed by atoms with E-state index in [0.717, 1.165) is 18.8 Å². The fourth-order valence-corrected chi connectivity index (χ4v) is 6.60. The van der Waals surface area contributed by atoms with Gasteiger partial charge in [0.1, 0.15) is 5.75 Å². The normalized spacial score (nSPS) is 24.1. The van der Waals surface area contributed by atoms with Crippen molar-refractivity contribution in [1.82, 2.24) is 0 Å². The van der Waals surface area contributed by atoms with Gasteiger partial charge < -0.3 is 4.74 Å². The van der Waals surface area contributed by atoms with Gasteiger partial charge in [-0.1, -0.05) is 70.4 Å². The maximum atomic E-state index is 13.8. The summed E-state index contributed by atoms with van der Waals surface area (Å²) in [7, 11) is 0. The quantitative estimate of drug-likeness (QED) is 0.0885. The maximum absolute atomic E-state index is 13.8. The first kappa shape index (κ1) is 35.5. The highest BCUT2D eigenvalue weighted by Gasteiger charge is 2.81. The van der Waals surface area contributed by atoms with E-state index in [9.17, 15) is 44.3 Å². The molecule has 43 heavy (non-hydrogen) atoms. The molecule has 2 fully saturated rings. The van der Waals surface area contributed by atoms with Crippen LogP contribution in [0.5, 0.6) is 5.75 Å². The molecule has 0 radical (unpaired) electrons. The summed E-state index contributed by atoms with van der Waals surface area (Å²) in [6.45, 7) is 2.22. The molecular weight excluding hydrogens is 587 g/mol. The van der Waals surface area contributed by atoms with Crippen LogP contribution in [-0.4, -0.2) is 29.9 Å². The summed E-state index contributed by atoms with van der Waals surface area (Å²) in [4.78, 5) is 12.7. The number of aryl methyl sites for hydroxylation is 1. The zero-order valence-electron chi connectivity index (χ0n) is 24.7. The number of carbonyl (C=O) groups excluding carboxylic acids is 1. The van der Waals surface area contributed by atoms with Crippen LogP contribution in [0.15, 0.2) is 24.3 Å². The molecule has 0 aliphatic heterocycles. The van der Waals surface area contributed by atoms with Crippen LogP contribution in [-0.2, 0) is 11.2 Å². The van der Waals surface area contributed by atoms with Crippen LogP contribution in [0.4, 0.5) is 39.5 Å². The van der Waals surface area contributed by atoms with Gasteiger partial charge in [-0.05, 0) is 80.4 Å². The Kier molecular flexibility index (Phi) is 12.3. The maximum Gasteiger partial charge on any atom is 0.460 e. The van der Waals surface area contributed by atoms with Crippen molar-refractivity contribution in [3.63, 3.8) is 0 Å². The van der Waals surface area contributed by atoms with Gasteiger partial charge in [0.05, 0.1) is 5.92 Å².